The van der Waals surface area contributed by atoms with Gasteiger partial charge in [0.1, 0.15) is 0 Å². The Morgan fingerprint density at radius 1 is 1.43 bits per heavy atom. The second kappa shape index (κ2) is 5.73. The van der Waals surface area contributed by atoms with E-state index in [1.165, 1.54) is 0 Å². The summed E-state index contributed by atoms with van der Waals surface area (Å²) < 4.78 is 22.2. The lowest BCUT2D eigenvalue weighted by Gasteiger charge is -2.06. The molecule has 1 saturated heterocycles. The van der Waals surface area contributed by atoms with E-state index in [1.807, 2.05) is 12.2 Å². The van der Waals surface area contributed by atoms with Crippen LogP contribution in [0.15, 0.2) is 12.2 Å². The molecule has 5 heteroatoms. The van der Waals surface area contributed by atoms with Crippen LogP contribution in [-0.4, -0.2) is 38.9 Å². The van der Waals surface area contributed by atoms with Crippen molar-refractivity contribution in [2.24, 2.45) is 5.92 Å². The fraction of sp³-hybridized carbons (Fsp3) is 0.778. The average Bonchev–Trinajstić information content (AvgIpc) is 2.45. The number of alkyl halides is 1. The monoisotopic (exact) mass is 237 g/mol. The lowest BCUT2D eigenvalue weighted by atomic mass is 10.1. The van der Waals surface area contributed by atoms with Crippen molar-refractivity contribution in [2.75, 3.05) is 30.5 Å². The van der Waals surface area contributed by atoms with Crippen LogP contribution in [-0.2, 0) is 9.84 Å². The lowest BCUT2D eigenvalue weighted by molar-refractivity contribution is 0.539. The predicted octanol–water partition coefficient (Wildman–Crippen LogP) is 0.806. The van der Waals surface area contributed by atoms with Crippen LogP contribution in [0.4, 0.5) is 0 Å². The van der Waals surface area contributed by atoms with Gasteiger partial charge >= 0.3 is 0 Å². The molecule has 14 heavy (non-hydrogen) atoms. The standard InChI is InChI=1S/C9H16ClNO2S/c10-4-1-2-5-11-7-9-3-6-14(12,13)8-9/h1-2,9,11H,3-8H2/b2-1+. The molecule has 0 amide bonds. The Kier molecular flexibility index (Phi) is 4.92. The summed E-state index contributed by atoms with van der Waals surface area (Å²) in [7, 11) is -2.72. The fourth-order valence-corrected chi connectivity index (χ4v) is 3.54. The molecule has 0 bridgehead atoms. The molecule has 0 spiro atoms. The fourth-order valence-electron chi connectivity index (χ4n) is 1.55. The summed E-state index contributed by atoms with van der Waals surface area (Å²) in [6.45, 7) is 1.55. The molecule has 1 fully saturated rings. The topological polar surface area (TPSA) is 46.2 Å². The van der Waals surface area contributed by atoms with Crippen molar-refractivity contribution in [1.29, 1.82) is 0 Å². The first-order valence-corrected chi connectivity index (χ1v) is 7.12. The van der Waals surface area contributed by atoms with Gasteiger partial charge in [0.2, 0.25) is 0 Å². The van der Waals surface area contributed by atoms with Crippen LogP contribution in [0.3, 0.4) is 0 Å². The first-order valence-electron chi connectivity index (χ1n) is 4.76. The predicted molar refractivity (Wildman–Crippen MR) is 59.5 cm³/mol. The summed E-state index contributed by atoms with van der Waals surface area (Å²) in [6, 6.07) is 0. The second-order valence-corrected chi connectivity index (χ2v) is 6.09. The van der Waals surface area contributed by atoms with E-state index in [0.717, 1.165) is 19.5 Å². The third-order valence-electron chi connectivity index (χ3n) is 2.28. The Labute approximate surface area is 90.4 Å². The molecule has 1 rings (SSSR count). The molecule has 1 atom stereocenters. The molecule has 1 unspecified atom stereocenters. The molecule has 0 aromatic carbocycles. The van der Waals surface area contributed by atoms with Crippen LogP contribution in [0.25, 0.3) is 0 Å². The van der Waals surface area contributed by atoms with Gasteiger partial charge in [0.25, 0.3) is 0 Å². The third kappa shape index (κ3) is 4.44. The molecular formula is C9H16ClNO2S. The SMILES string of the molecule is O=S1(=O)CCC(CNC/C=C/CCl)C1. The van der Waals surface area contributed by atoms with Crippen molar-refractivity contribution >= 4 is 21.4 Å². The zero-order valence-corrected chi connectivity index (χ0v) is 9.65. The molecule has 82 valence electrons. The minimum atomic E-state index is -2.72. The van der Waals surface area contributed by atoms with Crippen LogP contribution >= 0.6 is 11.6 Å². The van der Waals surface area contributed by atoms with Gasteiger partial charge < -0.3 is 5.32 Å². The van der Waals surface area contributed by atoms with Crippen LogP contribution in [0.1, 0.15) is 6.42 Å². The summed E-state index contributed by atoms with van der Waals surface area (Å²) >= 11 is 5.45. The van der Waals surface area contributed by atoms with Gasteiger partial charge in [-0.05, 0) is 18.9 Å². The lowest BCUT2D eigenvalue weighted by Crippen LogP contribution is -2.23. The van der Waals surface area contributed by atoms with Crippen molar-refractivity contribution < 1.29 is 8.42 Å². The van der Waals surface area contributed by atoms with E-state index >= 15 is 0 Å². The van der Waals surface area contributed by atoms with E-state index in [-0.39, 0.29) is 0 Å². The van der Waals surface area contributed by atoms with Gasteiger partial charge in [-0.15, -0.1) is 11.6 Å². The number of hydrogen-bond acceptors (Lipinski definition) is 3. The number of rotatable bonds is 5. The van der Waals surface area contributed by atoms with Crippen molar-refractivity contribution in [3.8, 4) is 0 Å². The number of halogens is 1. The van der Waals surface area contributed by atoms with Crippen LogP contribution in [0.2, 0.25) is 0 Å². The van der Waals surface area contributed by atoms with E-state index in [2.05, 4.69) is 5.32 Å². The van der Waals surface area contributed by atoms with E-state index in [9.17, 15) is 8.42 Å². The highest BCUT2D eigenvalue weighted by Gasteiger charge is 2.26. The quantitative estimate of drug-likeness (QED) is 0.437. The molecule has 0 aliphatic carbocycles. The van der Waals surface area contributed by atoms with Crippen LogP contribution in [0.5, 0.6) is 0 Å². The molecule has 0 aromatic heterocycles. The van der Waals surface area contributed by atoms with Crippen LogP contribution < -0.4 is 5.32 Å². The first kappa shape index (κ1) is 12.0. The molecule has 1 N–H and O–H groups in total. The number of nitrogens with one attached hydrogen (secondary N) is 1. The Morgan fingerprint density at radius 2 is 2.21 bits per heavy atom. The zero-order valence-electron chi connectivity index (χ0n) is 8.08. The maximum absolute atomic E-state index is 11.1. The summed E-state index contributed by atoms with van der Waals surface area (Å²) in [5, 5.41) is 3.19. The average molecular weight is 238 g/mol. The first-order chi connectivity index (χ1) is 6.64. The minimum Gasteiger partial charge on any atom is -0.313 e. The Balaban J connectivity index is 2.12. The molecule has 1 heterocycles. The molecule has 1 aliphatic heterocycles. The van der Waals surface area contributed by atoms with Crippen molar-refractivity contribution in [2.45, 2.75) is 6.42 Å². The molecule has 0 aromatic rings. The molecule has 1 aliphatic rings. The largest absolute Gasteiger partial charge is 0.313 e. The van der Waals surface area contributed by atoms with E-state index < -0.39 is 9.84 Å². The van der Waals surface area contributed by atoms with Gasteiger partial charge in [-0.25, -0.2) is 8.42 Å². The summed E-state index contributed by atoms with van der Waals surface area (Å²) in [6.07, 6.45) is 4.63. The summed E-state index contributed by atoms with van der Waals surface area (Å²) in [5.41, 5.74) is 0. The Hall–Kier alpha value is -0.0600. The second-order valence-electron chi connectivity index (χ2n) is 3.55. The van der Waals surface area contributed by atoms with Gasteiger partial charge in [0.05, 0.1) is 11.5 Å². The van der Waals surface area contributed by atoms with E-state index in [1.54, 1.807) is 0 Å². The Morgan fingerprint density at radius 3 is 2.79 bits per heavy atom. The summed E-state index contributed by atoms with van der Waals surface area (Å²) in [4.78, 5) is 0. The highest BCUT2D eigenvalue weighted by Crippen LogP contribution is 2.16. The van der Waals surface area contributed by atoms with Crippen molar-refractivity contribution in [3.63, 3.8) is 0 Å². The van der Waals surface area contributed by atoms with Gasteiger partial charge in [-0.2, -0.15) is 0 Å². The van der Waals surface area contributed by atoms with Gasteiger partial charge in [-0.1, -0.05) is 12.2 Å². The smallest absolute Gasteiger partial charge is 0.150 e. The highest BCUT2D eigenvalue weighted by molar-refractivity contribution is 7.91. The summed E-state index contributed by atoms with van der Waals surface area (Å²) in [5.74, 6) is 1.53. The minimum absolute atomic E-state index is 0.296. The van der Waals surface area contributed by atoms with Crippen molar-refractivity contribution in [1.82, 2.24) is 5.32 Å². The third-order valence-corrected chi connectivity index (χ3v) is 4.29. The van der Waals surface area contributed by atoms with Gasteiger partial charge in [-0.3, -0.25) is 0 Å². The number of sulfone groups is 1. The number of hydrogen-bond donors (Lipinski definition) is 1. The molecular weight excluding hydrogens is 222 g/mol. The van der Waals surface area contributed by atoms with Gasteiger partial charge in [0, 0.05) is 12.4 Å². The van der Waals surface area contributed by atoms with Crippen molar-refractivity contribution in [3.05, 3.63) is 12.2 Å². The zero-order chi connectivity index (χ0) is 10.4. The van der Waals surface area contributed by atoms with E-state index in [4.69, 9.17) is 11.6 Å². The maximum Gasteiger partial charge on any atom is 0.150 e. The maximum atomic E-state index is 11.1. The van der Waals surface area contributed by atoms with E-state index in [0.29, 0.717) is 23.3 Å². The number of allylic oxidation sites excluding steroid dienone is 1. The highest BCUT2D eigenvalue weighted by atomic mass is 35.5. The molecule has 0 saturated carbocycles. The Bertz CT molecular complexity index is 287. The normalized spacial score (nSPS) is 25.9. The molecule has 3 nitrogen and oxygen atoms in total. The molecule has 0 radical (unpaired) electrons. The van der Waals surface area contributed by atoms with Gasteiger partial charge in [0.15, 0.2) is 9.84 Å². The van der Waals surface area contributed by atoms with Crippen LogP contribution in [0, 0.1) is 5.92 Å².